The zero-order valence-corrected chi connectivity index (χ0v) is 9.78. The van der Waals surface area contributed by atoms with Crippen molar-refractivity contribution < 1.29 is 13.2 Å². The molecule has 0 aliphatic heterocycles. The highest BCUT2D eigenvalue weighted by Crippen LogP contribution is 2.37. The average molecular weight is 256 g/mol. The largest absolute Gasteiger partial charge is 0.416 e. The first-order valence-corrected chi connectivity index (χ1v) is 5.34. The first-order valence-electron chi connectivity index (χ1n) is 5.34. The fourth-order valence-corrected chi connectivity index (χ4v) is 1.73. The van der Waals surface area contributed by atoms with E-state index in [1.807, 2.05) is 0 Å². The minimum Gasteiger partial charge on any atom is -0.177 e. The third kappa shape index (κ3) is 2.34. The predicted octanol–water partition coefficient (Wildman–Crippen LogP) is 3.01. The molecule has 2 aromatic rings. The fourth-order valence-electron chi connectivity index (χ4n) is 1.73. The second-order valence-electron chi connectivity index (χ2n) is 4.19. The van der Waals surface area contributed by atoms with Crippen LogP contribution in [0.15, 0.2) is 18.2 Å². The van der Waals surface area contributed by atoms with Gasteiger partial charge in [0.05, 0.1) is 5.56 Å². The van der Waals surface area contributed by atoms with Gasteiger partial charge >= 0.3 is 6.18 Å². The molecule has 0 saturated carbocycles. The van der Waals surface area contributed by atoms with Gasteiger partial charge < -0.3 is 0 Å². The van der Waals surface area contributed by atoms with Crippen molar-refractivity contribution in [3.05, 3.63) is 29.3 Å². The van der Waals surface area contributed by atoms with Crippen LogP contribution in [0.1, 0.15) is 30.9 Å². The van der Waals surface area contributed by atoms with E-state index < -0.39 is 11.7 Å². The van der Waals surface area contributed by atoms with Crippen LogP contribution < -0.4 is 0 Å². The molecule has 0 aliphatic rings. The zero-order valence-electron chi connectivity index (χ0n) is 9.78. The van der Waals surface area contributed by atoms with Crippen LogP contribution in [-0.2, 0) is 6.18 Å². The number of tetrazole rings is 1. The second kappa shape index (κ2) is 4.40. The van der Waals surface area contributed by atoms with Crippen molar-refractivity contribution in [1.29, 1.82) is 0 Å². The van der Waals surface area contributed by atoms with E-state index >= 15 is 0 Å². The summed E-state index contributed by atoms with van der Waals surface area (Å²) >= 11 is 0. The summed E-state index contributed by atoms with van der Waals surface area (Å²) in [7, 11) is 0. The number of hydrogen-bond donors (Lipinski definition) is 1. The molecule has 0 fully saturated rings. The van der Waals surface area contributed by atoms with Gasteiger partial charge in [0.25, 0.3) is 0 Å². The van der Waals surface area contributed by atoms with Gasteiger partial charge in [0.15, 0.2) is 0 Å². The Morgan fingerprint density at radius 2 is 1.94 bits per heavy atom. The lowest BCUT2D eigenvalue weighted by molar-refractivity contribution is -0.138. The molecule has 1 heterocycles. The third-order valence-electron chi connectivity index (χ3n) is 2.58. The standard InChI is InChI=1S/C11H11F3N4/c1-6(2)8-4-3-7(10-15-17-18-16-10)5-9(8)11(12,13)14/h3-6H,1-2H3,(H,15,16,17,18). The van der Waals surface area contributed by atoms with E-state index in [4.69, 9.17) is 0 Å². The van der Waals surface area contributed by atoms with E-state index in [2.05, 4.69) is 20.6 Å². The molecule has 0 unspecified atom stereocenters. The molecule has 0 radical (unpaired) electrons. The molecule has 1 N–H and O–H groups in total. The third-order valence-corrected chi connectivity index (χ3v) is 2.58. The molecule has 0 amide bonds. The number of alkyl halides is 3. The van der Waals surface area contributed by atoms with Crippen molar-refractivity contribution >= 4 is 0 Å². The van der Waals surface area contributed by atoms with E-state index in [9.17, 15) is 13.2 Å². The zero-order chi connectivity index (χ0) is 13.3. The van der Waals surface area contributed by atoms with Crippen molar-refractivity contribution in [3.63, 3.8) is 0 Å². The number of halogens is 3. The van der Waals surface area contributed by atoms with Crippen molar-refractivity contribution in [3.8, 4) is 11.4 Å². The first kappa shape index (κ1) is 12.5. The summed E-state index contributed by atoms with van der Waals surface area (Å²) in [6.07, 6.45) is -4.39. The summed E-state index contributed by atoms with van der Waals surface area (Å²) in [6, 6.07) is 4.08. The van der Waals surface area contributed by atoms with Gasteiger partial charge in [-0.1, -0.05) is 26.0 Å². The van der Waals surface area contributed by atoms with E-state index in [0.717, 1.165) is 6.07 Å². The van der Waals surface area contributed by atoms with Gasteiger partial charge in [0.1, 0.15) is 0 Å². The van der Waals surface area contributed by atoms with Crippen LogP contribution in [-0.4, -0.2) is 20.6 Å². The molecule has 0 saturated heterocycles. The Kier molecular flexibility index (Phi) is 3.06. The Balaban J connectivity index is 2.56. The highest BCUT2D eigenvalue weighted by molar-refractivity contribution is 5.57. The molecule has 1 aromatic carbocycles. The molecule has 96 valence electrons. The number of aromatic amines is 1. The van der Waals surface area contributed by atoms with E-state index in [1.165, 1.54) is 6.07 Å². The van der Waals surface area contributed by atoms with Crippen molar-refractivity contribution in [2.24, 2.45) is 0 Å². The maximum atomic E-state index is 13.0. The van der Waals surface area contributed by atoms with Crippen molar-refractivity contribution in [2.75, 3.05) is 0 Å². The monoisotopic (exact) mass is 256 g/mol. The Morgan fingerprint density at radius 3 is 2.44 bits per heavy atom. The number of nitrogens with zero attached hydrogens (tertiary/aromatic N) is 3. The van der Waals surface area contributed by atoms with Crippen LogP contribution in [0.2, 0.25) is 0 Å². The molecule has 7 heteroatoms. The van der Waals surface area contributed by atoms with Crippen LogP contribution in [0.3, 0.4) is 0 Å². The molecule has 0 atom stereocenters. The predicted molar refractivity (Wildman–Crippen MR) is 58.7 cm³/mol. The average Bonchev–Trinajstić information content (AvgIpc) is 2.80. The fraction of sp³-hybridized carbons (Fsp3) is 0.364. The van der Waals surface area contributed by atoms with Gasteiger partial charge in [-0.2, -0.15) is 18.4 Å². The van der Waals surface area contributed by atoms with Crippen molar-refractivity contribution in [1.82, 2.24) is 20.6 Å². The summed E-state index contributed by atoms with van der Waals surface area (Å²) in [4.78, 5) is 0. The van der Waals surface area contributed by atoms with Gasteiger partial charge in [0, 0.05) is 5.56 Å². The minimum atomic E-state index is -4.39. The number of H-pyrrole nitrogens is 1. The lowest BCUT2D eigenvalue weighted by Gasteiger charge is -2.16. The molecule has 2 rings (SSSR count). The van der Waals surface area contributed by atoms with Gasteiger partial charge in [0.2, 0.25) is 5.82 Å². The molecule has 4 nitrogen and oxygen atoms in total. The normalized spacial score (nSPS) is 12.1. The van der Waals surface area contributed by atoms with Crippen LogP contribution in [0.5, 0.6) is 0 Å². The number of benzene rings is 1. The quantitative estimate of drug-likeness (QED) is 0.898. The summed E-state index contributed by atoms with van der Waals surface area (Å²) < 4.78 is 38.9. The number of hydrogen-bond acceptors (Lipinski definition) is 3. The number of nitrogens with one attached hydrogen (secondary N) is 1. The summed E-state index contributed by atoms with van der Waals surface area (Å²) in [5, 5.41) is 12.9. The molecule has 1 aromatic heterocycles. The molecule has 0 spiro atoms. The minimum absolute atomic E-state index is 0.149. The first-order chi connectivity index (χ1) is 8.39. The summed E-state index contributed by atoms with van der Waals surface area (Å²) in [5.74, 6) is -0.0586. The molecule has 0 bridgehead atoms. The van der Waals surface area contributed by atoms with Crippen molar-refractivity contribution in [2.45, 2.75) is 25.9 Å². The molecule has 18 heavy (non-hydrogen) atoms. The maximum Gasteiger partial charge on any atom is 0.416 e. The lowest BCUT2D eigenvalue weighted by Crippen LogP contribution is -2.10. The van der Waals surface area contributed by atoms with Crippen LogP contribution in [0.4, 0.5) is 13.2 Å². The Labute approximate surface area is 101 Å². The summed E-state index contributed by atoms with van der Waals surface area (Å²) in [5.41, 5.74) is -0.102. The van der Waals surface area contributed by atoms with Gasteiger partial charge in [-0.3, -0.25) is 0 Å². The summed E-state index contributed by atoms with van der Waals surface area (Å²) in [6.45, 7) is 3.44. The molecular weight excluding hydrogens is 245 g/mol. The Bertz CT molecular complexity index is 532. The molecular formula is C11H11F3N4. The van der Waals surface area contributed by atoms with Crippen LogP contribution >= 0.6 is 0 Å². The topological polar surface area (TPSA) is 54.5 Å². The second-order valence-corrected chi connectivity index (χ2v) is 4.19. The van der Waals surface area contributed by atoms with Gasteiger partial charge in [-0.15, -0.1) is 10.2 Å². The number of aromatic nitrogens is 4. The van der Waals surface area contributed by atoms with Gasteiger partial charge in [-0.25, -0.2) is 0 Å². The Hall–Kier alpha value is -1.92. The SMILES string of the molecule is CC(C)c1ccc(-c2nn[nH]n2)cc1C(F)(F)F. The van der Waals surface area contributed by atoms with Gasteiger partial charge in [-0.05, 0) is 22.8 Å². The molecule has 0 aliphatic carbocycles. The van der Waals surface area contributed by atoms with E-state index in [-0.39, 0.29) is 17.3 Å². The highest BCUT2D eigenvalue weighted by Gasteiger charge is 2.34. The van der Waals surface area contributed by atoms with E-state index in [1.54, 1.807) is 19.9 Å². The highest BCUT2D eigenvalue weighted by atomic mass is 19.4. The van der Waals surface area contributed by atoms with Crippen LogP contribution in [0, 0.1) is 0 Å². The number of rotatable bonds is 2. The Morgan fingerprint density at radius 1 is 1.22 bits per heavy atom. The lowest BCUT2D eigenvalue weighted by atomic mass is 9.95. The van der Waals surface area contributed by atoms with E-state index in [0.29, 0.717) is 5.56 Å². The van der Waals surface area contributed by atoms with Crippen LogP contribution in [0.25, 0.3) is 11.4 Å². The smallest absolute Gasteiger partial charge is 0.177 e. The maximum absolute atomic E-state index is 13.0.